The van der Waals surface area contributed by atoms with Gasteiger partial charge in [-0.2, -0.15) is 4.31 Å². The highest BCUT2D eigenvalue weighted by molar-refractivity contribution is 8.13. The van der Waals surface area contributed by atoms with E-state index >= 15 is 0 Å². The highest BCUT2D eigenvalue weighted by Gasteiger charge is 2.50. The fourth-order valence-electron chi connectivity index (χ4n) is 7.46. The van der Waals surface area contributed by atoms with Crippen LogP contribution in [-0.4, -0.2) is 151 Å². The lowest BCUT2D eigenvalue weighted by molar-refractivity contribution is -0.137. The summed E-state index contributed by atoms with van der Waals surface area (Å²) in [7, 11) is -16.5. The van der Waals surface area contributed by atoms with E-state index < -0.39 is 96.8 Å². The number of nitrogen functional groups attached to an aromatic ring is 1. The molecule has 414 valence electrons. The van der Waals surface area contributed by atoms with Crippen LogP contribution < -0.4 is 16.4 Å². The number of aliphatic hydroxyl groups is 4. The van der Waals surface area contributed by atoms with E-state index in [4.69, 9.17) is 19.5 Å². The number of amides is 2. The van der Waals surface area contributed by atoms with Crippen molar-refractivity contribution in [2.75, 3.05) is 37.8 Å². The molecule has 11 unspecified atom stereocenters. The largest absolute Gasteiger partial charge is 0.481 e. The third kappa shape index (κ3) is 20.2. The van der Waals surface area contributed by atoms with Gasteiger partial charge < -0.3 is 61.1 Å². The van der Waals surface area contributed by atoms with Crippen molar-refractivity contribution in [1.29, 1.82) is 0 Å². The predicted octanol–water partition coefficient (Wildman–Crippen LogP) is 2.18. The molecule has 0 spiro atoms. The van der Waals surface area contributed by atoms with Crippen molar-refractivity contribution in [3.05, 3.63) is 61.3 Å². The third-order valence-electron chi connectivity index (χ3n) is 11.3. The molecule has 1 aliphatic heterocycles. The molecule has 2 aliphatic rings. The number of carbonyl (C=O) groups is 4. The molecule has 2 aromatic rings. The number of nitrogens with two attached hydrogens (primary N) is 1. The van der Waals surface area contributed by atoms with Crippen LogP contribution in [0.4, 0.5) is 5.82 Å². The smallest absolute Gasteiger partial charge is 0.392 e. The first kappa shape index (κ1) is 62.6. The van der Waals surface area contributed by atoms with E-state index in [0.29, 0.717) is 31.4 Å². The fourth-order valence-corrected chi connectivity index (χ4v) is 11.0. The number of nitrogens with zero attached hydrogens (tertiary/aromatic N) is 4. The lowest BCUT2D eigenvalue weighted by atomic mass is 9.87. The first-order chi connectivity index (χ1) is 34.7. The highest BCUT2D eigenvalue weighted by Crippen LogP contribution is 2.61. The molecule has 0 radical (unpaired) electrons. The Morgan fingerprint density at radius 3 is 2.41 bits per heavy atom. The number of hydrogen-bond donors (Lipinski definition) is 11. The molecule has 2 fully saturated rings. The minimum absolute atomic E-state index is 0.0207. The SMILES string of the molecule is CC/C=C/CC1C(=O)CC(O)C1/C=C/C(O)C/C=C/C/C=C/CCC(=O)SCCNC(=O)CCNC(=O)C(O)C(C)(C)COP(=O)(O)OP(=O)(O)OCC1OC(n2cnc3c(N)ncnc32)C(O)C1OP(=O)(O)O. The van der Waals surface area contributed by atoms with Crippen molar-refractivity contribution >= 4 is 74.9 Å². The van der Waals surface area contributed by atoms with Gasteiger partial charge in [-0.1, -0.05) is 81.1 Å². The quantitative estimate of drug-likeness (QED) is 0.0293. The Morgan fingerprint density at radius 2 is 1.69 bits per heavy atom. The van der Waals surface area contributed by atoms with Gasteiger partial charge in [-0.05, 0) is 32.1 Å². The van der Waals surface area contributed by atoms with E-state index in [0.717, 1.165) is 35.4 Å². The second-order valence-electron chi connectivity index (χ2n) is 17.7. The number of anilines is 1. The molecule has 1 saturated carbocycles. The lowest BCUT2D eigenvalue weighted by Crippen LogP contribution is -2.46. The van der Waals surface area contributed by atoms with Gasteiger partial charge in [-0.15, -0.1) is 0 Å². The van der Waals surface area contributed by atoms with E-state index in [1.54, 1.807) is 12.2 Å². The van der Waals surface area contributed by atoms with Crippen LogP contribution in [-0.2, 0) is 55.5 Å². The number of aromatic nitrogens is 4. The van der Waals surface area contributed by atoms with Gasteiger partial charge in [-0.3, -0.25) is 37.3 Å². The van der Waals surface area contributed by atoms with Gasteiger partial charge in [0, 0.05) is 55.4 Å². The minimum atomic E-state index is -5.60. The van der Waals surface area contributed by atoms with Gasteiger partial charge in [0.15, 0.2) is 22.8 Å². The van der Waals surface area contributed by atoms with Gasteiger partial charge >= 0.3 is 23.5 Å². The number of hydrogen-bond acceptors (Lipinski definition) is 21. The molecular formula is C43H66N7O20P3S. The van der Waals surface area contributed by atoms with Gasteiger partial charge in [0.2, 0.25) is 11.8 Å². The van der Waals surface area contributed by atoms with Crippen LogP contribution in [0.15, 0.2) is 61.3 Å². The minimum Gasteiger partial charge on any atom is -0.392 e. The molecule has 74 heavy (non-hydrogen) atoms. The van der Waals surface area contributed by atoms with Gasteiger partial charge in [-0.25, -0.2) is 28.6 Å². The summed E-state index contributed by atoms with van der Waals surface area (Å²) in [6.45, 7) is 2.36. The molecule has 2 amide bonds. The number of thioether (sulfide) groups is 1. The first-order valence-electron chi connectivity index (χ1n) is 23.3. The number of aliphatic hydroxyl groups excluding tert-OH is 4. The molecule has 3 heterocycles. The Kier molecular flexibility index (Phi) is 24.6. The van der Waals surface area contributed by atoms with Crippen LogP contribution in [0.25, 0.3) is 11.2 Å². The number of rotatable bonds is 31. The van der Waals surface area contributed by atoms with Crippen molar-refractivity contribution in [3.63, 3.8) is 0 Å². The molecule has 0 aromatic carbocycles. The Balaban J connectivity index is 1.08. The van der Waals surface area contributed by atoms with Crippen LogP contribution in [0, 0.1) is 17.3 Å². The summed E-state index contributed by atoms with van der Waals surface area (Å²) in [6.07, 6.45) is 9.49. The topological polar surface area (TPSA) is 421 Å². The van der Waals surface area contributed by atoms with Crippen LogP contribution in [0.5, 0.6) is 0 Å². The molecule has 2 aromatic heterocycles. The Hall–Kier alpha value is -3.89. The maximum Gasteiger partial charge on any atom is 0.481 e. The standard InChI is InChI=1S/C43H66N7O20P3S/c1-4-5-10-14-28-29(31(53)22-30(28)52)17-16-27(51)13-11-8-6-7-9-12-15-34(55)74-21-20-45-33(54)18-19-46-41(58)38(57)43(2,3)24-67-73(64,65)70-72(62,63)66-23-32-37(69-71(59,60)61)36(56)42(68-32)50-26-49-35-39(44)47-25-48-40(35)50/h5,7-11,16-17,25-29,31-32,36-38,42,51,53,56-57H,4,6,12-15,18-24H2,1-3H3,(H,45,54)(H,46,58)(H,62,63)(H,64,65)(H2,44,47,48)(H2,59,60,61)/b9-7+,10-5+,11-8+,17-16+. The fraction of sp³-hybridized carbons (Fsp3) is 0.605. The average Bonchev–Trinajstić information content (AvgIpc) is 3.97. The number of ketones is 1. The Labute approximate surface area is 430 Å². The lowest BCUT2D eigenvalue weighted by Gasteiger charge is -2.30. The summed E-state index contributed by atoms with van der Waals surface area (Å²) in [5.41, 5.74) is 4.23. The van der Waals surface area contributed by atoms with E-state index in [-0.39, 0.29) is 72.1 Å². The van der Waals surface area contributed by atoms with E-state index in [1.807, 2.05) is 43.4 Å². The summed E-state index contributed by atoms with van der Waals surface area (Å²) in [5.74, 6) is -1.81. The number of phosphoric acid groups is 3. The molecule has 4 rings (SSSR count). The monoisotopic (exact) mass is 1130 g/mol. The maximum absolute atomic E-state index is 12.8. The summed E-state index contributed by atoms with van der Waals surface area (Å²) < 4.78 is 62.4. The molecule has 27 nitrogen and oxygen atoms in total. The van der Waals surface area contributed by atoms with Crippen LogP contribution >= 0.6 is 35.2 Å². The van der Waals surface area contributed by atoms with Crippen molar-refractivity contribution in [2.24, 2.45) is 17.3 Å². The van der Waals surface area contributed by atoms with Crippen molar-refractivity contribution < 1.29 is 95.5 Å². The normalized spacial score (nSPS) is 24.3. The Bertz CT molecular complexity index is 2490. The molecule has 1 aliphatic carbocycles. The number of fused-ring (bicyclic) bond motifs is 1. The van der Waals surface area contributed by atoms with E-state index in [9.17, 15) is 72.9 Å². The van der Waals surface area contributed by atoms with Crippen molar-refractivity contribution in [3.8, 4) is 0 Å². The number of phosphoric ester groups is 3. The number of Topliss-reactive ketones (excluding diaryl/α,β-unsaturated/α-hetero) is 1. The third-order valence-corrected chi connectivity index (χ3v) is 15.4. The highest BCUT2D eigenvalue weighted by atomic mass is 32.2. The van der Waals surface area contributed by atoms with Gasteiger partial charge in [0.1, 0.15) is 42.0 Å². The summed E-state index contributed by atoms with van der Waals surface area (Å²) >= 11 is 1.04. The van der Waals surface area contributed by atoms with Crippen LogP contribution in [0.3, 0.4) is 0 Å². The van der Waals surface area contributed by atoms with Crippen molar-refractivity contribution in [1.82, 2.24) is 30.2 Å². The number of imidazole rings is 1. The van der Waals surface area contributed by atoms with E-state index in [2.05, 4.69) is 34.4 Å². The first-order valence-corrected chi connectivity index (χ1v) is 28.8. The average molecular weight is 1130 g/mol. The number of allylic oxidation sites excluding steroid dienone is 5. The zero-order chi connectivity index (χ0) is 54.9. The van der Waals surface area contributed by atoms with Gasteiger partial charge in [0.25, 0.3) is 0 Å². The summed E-state index contributed by atoms with van der Waals surface area (Å²) in [6, 6.07) is 0. The molecule has 31 heteroatoms. The predicted molar refractivity (Wildman–Crippen MR) is 266 cm³/mol. The molecule has 1 saturated heterocycles. The molecular weight excluding hydrogens is 1060 g/mol. The molecule has 12 N–H and O–H groups in total. The van der Waals surface area contributed by atoms with Crippen LogP contribution in [0.2, 0.25) is 0 Å². The summed E-state index contributed by atoms with van der Waals surface area (Å²) in [5, 5.41) is 47.1. The summed E-state index contributed by atoms with van der Waals surface area (Å²) in [4.78, 5) is 101. The molecule has 0 bridgehead atoms. The second-order valence-corrected chi connectivity index (χ2v) is 23.1. The number of carbonyl (C=O) groups excluding carboxylic acids is 4. The Morgan fingerprint density at radius 1 is 0.973 bits per heavy atom. The van der Waals surface area contributed by atoms with Gasteiger partial charge in [0.05, 0.1) is 31.7 Å². The van der Waals surface area contributed by atoms with Crippen LogP contribution in [0.1, 0.15) is 78.4 Å². The number of ether oxygens (including phenoxy) is 1. The second kappa shape index (κ2) is 29.0. The zero-order valence-corrected chi connectivity index (χ0v) is 44.3. The maximum atomic E-state index is 12.8. The zero-order valence-electron chi connectivity index (χ0n) is 40.8. The molecule has 11 atom stereocenters. The van der Waals surface area contributed by atoms with E-state index in [1.165, 1.54) is 13.8 Å². The van der Waals surface area contributed by atoms with Crippen molar-refractivity contribution in [2.45, 2.75) is 115 Å². The number of nitrogens with one attached hydrogen (secondary N) is 2.